The molecule has 70 valence electrons. The Bertz CT molecular complexity index is 305. The Morgan fingerprint density at radius 1 is 1.38 bits per heavy atom. The zero-order chi connectivity index (χ0) is 9.31. The smallest absolute Gasteiger partial charge is 0.0361 e. The molecule has 0 fully saturated rings. The highest BCUT2D eigenvalue weighted by Gasteiger charge is 2.26. The van der Waals surface area contributed by atoms with E-state index in [0.29, 0.717) is 0 Å². The van der Waals surface area contributed by atoms with Gasteiger partial charge in [0.2, 0.25) is 0 Å². The molecule has 13 heavy (non-hydrogen) atoms. The second-order valence-corrected chi connectivity index (χ2v) is 5.85. The summed E-state index contributed by atoms with van der Waals surface area (Å²) < 4.78 is 0.0695. The lowest BCUT2D eigenvalue weighted by Crippen LogP contribution is -2.13. The average Bonchev–Trinajstić information content (AvgIpc) is 2.26. The van der Waals surface area contributed by atoms with Crippen LogP contribution in [-0.2, 0) is 4.75 Å². The molecule has 0 spiro atoms. The van der Waals surface area contributed by atoms with Crippen LogP contribution in [0.25, 0.3) is 0 Å². The van der Waals surface area contributed by atoms with E-state index < -0.39 is 0 Å². The lowest BCUT2D eigenvalue weighted by molar-refractivity contribution is 0.615. The first-order valence-corrected chi connectivity index (χ1v) is 6.08. The lowest BCUT2D eigenvalue weighted by atomic mass is 9.95. The van der Waals surface area contributed by atoms with Gasteiger partial charge in [0.15, 0.2) is 0 Å². The largest absolute Gasteiger partial charge is 0.168 e. The maximum Gasteiger partial charge on any atom is 0.0361 e. The summed E-state index contributed by atoms with van der Waals surface area (Å²) in [4.78, 5) is 1.41. The summed E-state index contributed by atoms with van der Waals surface area (Å²) in [5, 5.41) is 0. The first kappa shape index (κ1) is 9.47. The van der Waals surface area contributed by atoms with Crippen molar-refractivity contribution >= 4 is 24.4 Å². The summed E-state index contributed by atoms with van der Waals surface area (Å²) >= 11 is 6.72. The number of hydrogen-bond donors (Lipinski definition) is 1. The number of hydrogen-bond acceptors (Lipinski definition) is 2. The van der Waals surface area contributed by atoms with E-state index in [-0.39, 0.29) is 4.75 Å². The highest BCUT2D eigenvalue weighted by atomic mass is 32.2. The van der Waals surface area contributed by atoms with Crippen LogP contribution in [0.15, 0.2) is 29.2 Å². The van der Waals surface area contributed by atoms with Gasteiger partial charge in [-0.2, -0.15) is 12.6 Å². The predicted octanol–water partition coefficient (Wildman–Crippen LogP) is 3.72. The Morgan fingerprint density at radius 2 is 2.15 bits per heavy atom. The third-order valence-electron chi connectivity index (χ3n) is 2.53. The van der Waals surface area contributed by atoms with Crippen molar-refractivity contribution in [3.8, 4) is 0 Å². The normalized spacial score (nSPS) is 27.8. The predicted molar refractivity (Wildman–Crippen MR) is 62.7 cm³/mol. The molecule has 1 aromatic rings. The van der Waals surface area contributed by atoms with Crippen molar-refractivity contribution in [2.45, 2.75) is 29.4 Å². The fraction of sp³-hybridized carbons (Fsp3) is 0.455. The zero-order valence-electron chi connectivity index (χ0n) is 7.79. The van der Waals surface area contributed by atoms with E-state index in [4.69, 9.17) is 12.6 Å². The van der Waals surface area contributed by atoms with Gasteiger partial charge in [-0.15, -0.1) is 11.8 Å². The van der Waals surface area contributed by atoms with Crippen LogP contribution in [0.1, 0.15) is 25.3 Å². The topological polar surface area (TPSA) is 0 Å². The van der Waals surface area contributed by atoms with Gasteiger partial charge in [0.1, 0.15) is 0 Å². The van der Waals surface area contributed by atoms with Crippen molar-refractivity contribution in [3.05, 3.63) is 29.8 Å². The van der Waals surface area contributed by atoms with E-state index in [9.17, 15) is 0 Å². The van der Waals surface area contributed by atoms with E-state index in [2.05, 4.69) is 31.2 Å². The van der Waals surface area contributed by atoms with E-state index in [1.165, 1.54) is 29.1 Å². The minimum atomic E-state index is 0.0695. The first-order valence-electron chi connectivity index (χ1n) is 4.65. The second kappa shape index (κ2) is 3.58. The van der Waals surface area contributed by atoms with Crippen molar-refractivity contribution in [2.24, 2.45) is 0 Å². The Balaban J connectivity index is 2.48. The minimum absolute atomic E-state index is 0.0695. The Kier molecular flexibility index (Phi) is 2.61. The molecule has 0 saturated heterocycles. The van der Waals surface area contributed by atoms with Gasteiger partial charge >= 0.3 is 0 Å². The standard InChI is InChI=1S/C11H14S2/c1-11(12)7-4-8-13-10-6-3-2-5-9(10)11/h2-3,5-6,12H,4,7-8H2,1H3. The molecule has 2 heteroatoms. The Labute approximate surface area is 89.5 Å². The van der Waals surface area contributed by atoms with E-state index in [0.717, 1.165) is 0 Å². The SMILES string of the molecule is CC1(S)CCCSc2ccccc21. The van der Waals surface area contributed by atoms with Gasteiger partial charge in [-0.1, -0.05) is 18.2 Å². The van der Waals surface area contributed by atoms with Gasteiger partial charge in [-0.05, 0) is 37.1 Å². The van der Waals surface area contributed by atoms with Gasteiger partial charge in [-0.25, -0.2) is 0 Å². The van der Waals surface area contributed by atoms with Crippen LogP contribution >= 0.6 is 24.4 Å². The first-order chi connectivity index (χ1) is 6.20. The summed E-state index contributed by atoms with van der Waals surface area (Å²) in [5.41, 5.74) is 1.40. The summed E-state index contributed by atoms with van der Waals surface area (Å²) in [7, 11) is 0. The lowest BCUT2D eigenvalue weighted by Gasteiger charge is -2.23. The highest BCUT2D eigenvalue weighted by molar-refractivity contribution is 7.99. The monoisotopic (exact) mass is 210 g/mol. The van der Waals surface area contributed by atoms with Gasteiger partial charge < -0.3 is 0 Å². The molecule has 0 N–H and O–H groups in total. The molecule has 0 amide bonds. The molecule has 2 rings (SSSR count). The fourth-order valence-corrected chi connectivity index (χ4v) is 3.33. The molecular weight excluding hydrogens is 196 g/mol. The number of thioether (sulfide) groups is 1. The van der Waals surface area contributed by atoms with Crippen LogP contribution in [0.3, 0.4) is 0 Å². The van der Waals surface area contributed by atoms with Crippen molar-refractivity contribution in [2.75, 3.05) is 5.75 Å². The van der Waals surface area contributed by atoms with E-state index in [1.807, 2.05) is 11.8 Å². The molecule has 1 aliphatic rings. The average molecular weight is 210 g/mol. The van der Waals surface area contributed by atoms with Crippen molar-refractivity contribution < 1.29 is 0 Å². The van der Waals surface area contributed by atoms with Crippen LogP contribution in [-0.4, -0.2) is 5.75 Å². The number of fused-ring (bicyclic) bond motifs is 1. The third-order valence-corrected chi connectivity index (χ3v) is 4.16. The maximum absolute atomic E-state index is 4.75. The number of rotatable bonds is 0. The summed E-state index contributed by atoms with van der Waals surface area (Å²) in [6.07, 6.45) is 2.44. The molecule has 1 aromatic carbocycles. The minimum Gasteiger partial charge on any atom is -0.168 e. The summed E-state index contributed by atoms with van der Waals surface area (Å²) in [6, 6.07) is 8.64. The van der Waals surface area contributed by atoms with Crippen molar-refractivity contribution in [3.63, 3.8) is 0 Å². The van der Waals surface area contributed by atoms with E-state index in [1.54, 1.807) is 0 Å². The summed E-state index contributed by atoms with van der Waals surface area (Å²) in [6.45, 7) is 2.22. The molecule has 1 atom stereocenters. The van der Waals surface area contributed by atoms with Crippen LogP contribution in [0.5, 0.6) is 0 Å². The third kappa shape index (κ3) is 1.89. The quantitative estimate of drug-likeness (QED) is 0.637. The molecule has 1 unspecified atom stereocenters. The Morgan fingerprint density at radius 3 is 3.00 bits per heavy atom. The maximum atomic E-state index is 4.75. The van der Waals surface area contributed by atoms with Gasteiger partial charge in [-0.3, -0.25) is 0 Å². The molecule has 0 aliphatic carbocycles. The van der Waals surface area contributed by atoms with Crippen LogP contribution in [0.4, 0.5) is 0 Å². The van der Waals surface area contributed by atoms with Gasteiger partial charge in [0.05, 0.1) is 0 Å². The molecule has 0 aromatic heterocycles. The molecule has 1 aliphatic heterocycles. The second-order valence-electron chi connectivity index (χ2n) is 3.72. The van der Waals surface area contributed by atoms with Crippen molar-refractivity contribution in [1.29, 1.82) is 0 Å². The summed E-state index contributed by atoms with van der Waals surface area (Å²) in [5.74, 6) is 1.23. The van der Waals surface area contributed by atoms with Crippen LogP contribution in [0.2, 0.25) is 0 Å². The van der Waals surface area contributed by atoms with Crippen LogP contribution < -0.4 is 0 Å². The zero-order valence-corrected chi connectivity index (χ0v) is 9.50. The van der Waals surface area contributed by atoms with Gasteiger partial charge in [0, 0.05) is 9.64 Å². The molecule has 0 radical (unpaired) electrons. The van der Waals surface area contributed by atoms with Gasteiger partial charge in [0.25, 0.3) is 0 Å². The number of thiol groups is 1. The fourth-order valence-electron chi connectivity index (χ4n) is 1.77. The highest BCUT2D eigenvalue weighted by Crippen LogP contribution is 2.42. The molecule has 1 heterocycles. The van der Waals surface area contributed by atoms with E-state index >= 15 is 0 Å². The van der Waals surface area contributed by atoms with Crippen molar-refractivity contribution in [1.82, 2.24) is 0 Å². The Hall–Kier alpha value is -0.0800. The molecule has 0 nitrogen and oxygen atoms in total. The molecule has 0 saturated carbocycles. The molecule has 0 bridgehead atoms. The molecular formula is C11H14S2. The number of benzene rings is 1. The van der Waals surface area contributed by atoms with Crippen LogP contribution in [0, 0.1) is 0 Å².